The number of hydrogen-bond donors (Lipinski definition) is 3. The Morgan fingerprint density at radius 3 is 3.07 bits per heavy atom. The predicted octanol–water partition coefficient (Wildman–Crippen LogP) is -0.715. The Morgan fingerprint density at radius 1 is 1.67 bits per heavy atom. The number of hydrogen-bond acceptors (Lipinski definition) is 5. The average Bonchev–Trinajstić information content (AvgIpc) is 2.85. The molecule has 0 aliphatic carbocycles. The number of nitrogens with zero attached hydrogens (tertiary/aromatic N) is 4. The number of imidazole rings is 1. The van der Waals surface area contributed by atoms with Crippen LogP contribution in [0.3, 0.4) is 0 Å². The summed E-state index contributed by atoms with van der Waals surface area (Å²) in [6.45, 7) is 0. The zero-order valence-corrected chi connectivity index (χ0v) is 8.38. The van der Waals surface area contributed by atoms with Crippen molar-refractivity contribution in [2.45, 2.75) is 12.5 Å². The van der Waals surface area contributed by atoms with E-state index in [0.29, 0.717) is 6.42 Å². The third kappa shape index (κ3) is 2.20. The first-order valence-electron chi connectivity index (χ1n) is 4.60. The Bertz CT molecular complexity index is 404. The van der Waals surface area contributed by atoms with Crippen molar-refractivity contribution in [1.82, 2.24) is 30.4 Å². The summed E-state index contributed by atoms with van der Waals surface area (Å²) in [6, 6.07) is -0.0725. The van der Waals surface area contributed by atoms with E-state index in [4.69, 9.17) is 5.84 Å². The highest BCUT2D eigenvalue weighted by Crippen LogP contribution is 2.11. The molecule has 2 aromatic rings. The minimum absolute atomic E-state index is 0.0725. The van der Waals surface area contributed by atoms with Gasteiger partial charge in [0.05, 0.1) is 11.7 Å². The molecule has 0 saturated carbocycles. The summed E-state index contributed by atoms with van der Waals surface area (Å²) in [7, 11) is 1.83. The van der Waals surface area contributed by atoms with Gasteiger partial charge in [-0.05, 0) is 0 Å². The van der Waals surface area contributed by atoms with Crippen LogP contribution >= 0.6 is 0 Å². The van der Waals surface area contributed by atoms with Gasteiger partial charge in [-0.1, -0.05) is 5.21 Å². The summed E-state index contributed by atoms with van der Waals surface area (Å²) in [4.78, 5) is 7.14. The summed E-state index contributed by atoms with van der Waals surface area (Å²) >= 11 is 0. The number of H-pyrrole nitrogens is 1. The Morgan fingerprint density at radius 2 is 2.53 bits per heavy atom. The van der Waals surface area contributed by atoms with Gasteiger partial charge >= 0.3 is 0 Å². The quantitative estimate of drug-likeness (QED) is 0.454. The number of hydrazine groups is 1. The maximum atomic E-state index is 5.45. The Hall–Kier alpha value is -1.73. The van der Waals surface area contributed by atoms with Crippen LogP contribution in [0.5, 0.6) is 0 Å². The van der Waals surface area contributed by atoms with Gasteiger partial charge in [0.1, 0.15) is 5.82 Å². The van der Waals surface area contributed by atoms with E-state index in [1.807, 2.05) is 13.2 Å². The Kier molecular flexibility index (Phi) is 2.75. The Balaban J connectivity index is 2.09. The third-order valence-electron chi connectivity index (χ3n) is 2.11. The van der Waals surface area contributed by atoms with Crippen molar-refractivity contribution >= 4 is 0 Å². The molecule has 7 heteroatoms. The largest absolute Gasteiger partial charge is 0.347 e. The number of nitrogens with two attached hydrogens (primary N) is 1. The van der Waals surface area contributed by atoms with Gasteiger partial charge in [-0.25, -0.2) is 10.4 Å². The molecule has 0 bridgehead atoms. The van der Waals surface area contributed by atoms with E-state index >= 15 is 0 Å². The molecule has 0 radical (unpaired) electrons. The molecule has 0 fully saturated rings. The van der Waals surface area contributed by atoms with E-state index in [1.165, 1.54) is 0 Å². The molecule has 80 valence electrons. The van der Waals surface area contributed by atoms with E-state index < -0.39 is 0 Å². The fraction of sp³-hybridized carbons (Fsp3) is 0.375. The lowest BCUT2D eigenvalue weighted by Crippen LogP contribution is -2.30. The summed E-state index contributed by atoms with van der Waals surface area (Å²) in [5.41, 5.74) is 3.56. The first-order chi connectivity index (χ1) is 7.29. The molecule has 0 aliphatic heterocycles. The number of aryl methyl sites for hydroxylation is 1. The molecule has 4 N–H and O–H groups in total. The molecular formula is C8H13N7. The molecule has 15 heavy (non-hydrogen) atoms. The van der Waals surface area contributed by atoms with Crippen molar-refractivity contribution in [3.05, 3.63) is 30.1 Å². The van der Waals surface area contributed by atoms with Gasteiger partial charge in [-0.3, -0.25) is 10.5 Å². The molecule has 1 unspecified atom stereocenters. The van der Waals surface area contributed by atoms with Crippen LogP contribution in [0.4, 0.5) is 0 Å². The lowest BCUT2D eigenvalue weighted by atomic mass is 10.1. The highest BCUT2D eigenvalue weighted by Gasteiger charge is 2.14. The average molecular weight is 207 g/mol. The van der Waals surface area contributed by atoms with Gasteiger partial charge in [0.2, 0.25) is 0 Å². The molecule has 1 atom stereocenters. The van der Waals surface area contributed by atoms with Crippen LogP contribution in [-0.4, -0.2) is 25.0 Å². The lowest BCUT2D eigenvalue weighted by molar-refractivity contribution is 0.521. The first-order valence-corrected chi connectivity index (χ1v) is 4.60. The molecule has 0 aromatic carbocycles. The maximum Gasteiger partial charge on any atom is 0.124 e. The van der Waals surface area contributed by atoms with Crippen molar-refractivity contribution in [3.8, 4) is 0 Å². The molecule has 0 saturated heterocycles. The third-order valence-corrected chi connectivity index (χ3v) is 2.11. The van der Waals surface area contributed by atoms with Gasteiger partial charge in [0, 0.05) is 32.1 Å². The molecule has 0 amide bonds. The van der Waals surface area contributed by atoms with Crippen LogP contribution in [0.15, 0.2) is 18.6 Å². The van der Waals surface area contributed by atoms with Crippen LogP contribution in [0.25, 0.3) is 0 Å². The van der Waals surface area contributed by atoms with Crippen molar-refractivity contribution < 1.29 is 0 Å². The number of aromatic amines is 1. The fourth-order valence-corrected chi connectivity index (χ4v) is 1.40. The van der Waals surface area contributed by atoms with Gasteiger partial charge in [0.15, 0.2) is 0 Å². The van der Waals surface area contributed by atoms with Gasteiger partial charge in [-0.2, -0.15) is 0 Å². The highest BCUT2D eigenvalue weighted by molar-refractivity contribution is 5.03. The summed E-state index contributed by atoms with van der Waals surface area (Å²) in [5.74, 6) is 6.25. The smallest absolute Gasteiger partial charge is 0.124 e. The highest BCUT2D eigenvalue weighted by atomic mass is 15.4. The standard InChI is InChI=1S/C8H13N7/c1-15-5-6(13-14-15)4-7(12-9)8-10-2-3-11-8/h2-3,5,7,12H,4,9H2,1H3,(H,10,11). The Labute approximate surface area is 86.7 Å². The summed E-state index contributed by atoms with van der Waals surface area (Å²) < 4.78 is 1.66. The van der Waals surface area contributed by atoms with Crippen molar-refractivity contribution in [1.29, 1.82) is 0 Å². The maximum absolute atomic E-state index is 5.45. The number of aromatic nitrogens is 5. The summed E-state index contributed by atoms with van der Waals surface area (Å²) in [5, 5.41) is 7.84. The molecule has 2 aromatic heterocycles. The lowest BCUT2D eigenvalue weighted by Gasteiger charge is -2.10. The van der Waals surface area contributed by atoms with Gasteiger partial charge in [0.25, 0.3) is 0 Å². The van der Waals surface area contributed by atoms with Crippen molar-refractivity contribution in [2.75, 3.05) is 0 Å². The fourth-order valence-electron chi connectivity index (χ4n) is 1.40. The van der Waals surface area contributed by atoms with E-state index in [9.17, 15) is 0 Å². The minimum Gasteiger partial charge on any atom is -0.347 e. The monoisotopic (exact) mass is 207 g/mol. The molecular weight excluding hydrogens is 194 g/mol. The first kappa shape index (κ1) is 9.81. The zero-order valence-electron chi connectivity index (χ0n) is 8.38. The summed E-state index contributed by atoms with van der Waals surface area (Å²) in [6.07, 6.45) is 5.96. The van der Waals surface area contributed by atoms with E-state index in [0.717, 1.165) is 11.5 Å². The molecule has 2 heterocycles. The SMILES string of the molecule is Cn1cc(CC(NN)c2ncc[nH]2)nn1. The van der Waals surface area contributed by atoms with Crippen molar-refractivity contribution in [3.63, 3.8) is 0 Å². The van der Waals surface area contributed by atoms with Crippen LogP contribution in [0.2, 0.25) is 0 Å². The number of nitrogens with one attached hydrogen (secondary N) is 2. The molecule has 2 rings (SSSR count). The zero-order chi connectivity index (χ0) is 10.7. The van der Waals surface area contributed by atoms with E-state index in [2.05, 4.69) is 25.7 Å². The topological polar surface area (TPSA) is 97.4 Å². The van der Waals surface area contributed by atoms with Gasteiger partial charge < -0.3 is 4.98 Å². The van der Waals surface area contributed by atoms with Crippen LogP contribution in [0, 0.1) is 0 Å². The second-order valence-corrected chi connectivity index (χ2v) is 3.28. The van der Waals surface area contributed by atoms with E-state index in [1.54, 1.807) is 17.1 Å². The molecule has 0 aliphatic rings. The van der Waals surface area contributed by atoms with Crippen molar-refractivity contribution in [2.24, 2.45) is 12.9 Å². The van der Waals surface area contributed by atoms with Crippen LogP contribution < -0.4 is 11.3 Å². The number of rotatable bonds is 4. The van der Waals surface area contributed by atoms with Gasteiger partial charge in [-0.15, -0.1) is 5.10 Å². The van der Waals surface area contributed by atoms with Crippen LogP contribution in [0.1, 0.15) is 17.6 Å². The molecule has 0 spiro atoms. The molecule has 7 nitrogen and oxygen atoms in total. The normalized spacial score (nSPS) is 12.9. The van der Waals surface area contributed by atoms with E-state index in [-0.39, 0.29) is 6.04 Å². The minimum atomic E-state index is -0.0725. The van der Waals surface area contributed by atoms with Crippen LogP contribution in [-0.2, 0) is 13.5 Å². The second-order valence-electron chi connectivity index (χ2n) is 3.28. The second kappa shape index (κ2) is 4.20. The predicted molar refractivity (Wildman–Crippen MR) is 53.4 cm³/mol.